The maximum absolute atomic E-state index is 12.9. The largest absolute Gasteiger partial charge is 0.497 e. The van der Waals surface area contributed by atoms with E-state index in [1.165, 1.54) is 13.3 Å². The minimum Gasteiger partial charge on any atom is -0.497 e. The number of nitrogens with zero attached hydrogens (tertiary/aromatic N) is 2. The van der Waals surface area contributed by atoms with Crippen LogP contribution in [0.1, 0.15) is 33.2 Å². The van der Waals surface area contributed by atoms with Gasteiger partial charge in [0.25, 0.3) is 11.8 Å². The molecule has 0 spiro atoms. The number of rotatable bonds is 6. The van der Waals surface area contributed by atoms with Crippen molar-refractivity contribution in [3.05, 3.63) is 82.5 Å². The van der Waals surface area contributed by atoms with E-state index in [1.54, 1.807) is 49.5 Å². The van der Waals surface area contributed by atoms with Gasteiger partial charge in [-0.3, -0.25) is 14.6 Å². The van der Waals surface area contributed by atoms with Gasteiger partial charge in [0.05, 0.1) is 23.4 Å². The predicted octanol–water partition coefficient (Wildman–Crippen LogP) is 4.69. The summed E-state index contributed by atoms with van der Waals surface area (Å²) in [6, 6.07) is 15.1. The molecule has 0 bridgehead atoms. The van der Waals surface area contributed by atoms with Gasteiger partial charge in [-0.25, -0.2) is 4.98 Å². The SMILES string of the molecule is CN=C(C)c1ccc(C(=O)Nc2ccc(OC)cc2C(=O)Nc2ccc(Cl)cn2)cc1. The highest BCUT2D eigenvalue weighted by atomic mass is 35.5. The summed E-state index contributed by atoms with van der Waals surface area (Å²) in [4.78, 5) is 33.8. The standard InChI is InChI=1S/C23H21ClN4O3/c1-14(25-2)15-4-6-16(7-5-15)22(29)27-20-10-9-18(31-3)12-19(20)23(30)28-21-11-8-17(24)13-26-21/h4-13H,1-3H3,(H,27,29)(H,26,28,30). The number of methoxy groups -OCH3 is 1. The van der Waals surface area contributed by atoms with Gasteiger partial charge >= 0.3 is 0 Å². The van der Waals surface area contributed by atoms with Gasteiger partial charge in [-0.05, 0) is 55.0 Å². The van der Waals surface area contributed by atoms with Crippen LogP contribution in [0.3, 0.4) is 0 Å². The Labute approximate surface area is 185 Å². The fraction of sp³-hybridized carbons (Fsp3) is 0.130. The maximum atomic E-state index is 12.9. The Morgan fingerprint density at radius 3 is 2.29 bits per heavy atom. The first kappa shape index (κ1) is 22.0. The van der Waals surface area contributed by atoms with Gasteiger partial charge in [-0.2, -0.15) is 0 Å². The van der Waals surface area contributed by atoms with Crippen molar-refractivity contribution < 1.29 is 14.3 Å². The lowest BCUT2D eigenvalue weighted by atomic mass is 10.1. The van der Waals surface area contributed by atoms with Crippen molar-refractivity contribution in [3.63, 3.8) is 0 Å². The Morgan fingerprint density at radius 2 is 1.68 bits per heavy atom. The molecule has 158 valence electrons. The van der Waals surface area contributed by atoms with Gasteiger partial charge in [-0.1, -0.05) is 23.7 Å². The first-order valence-electron chi connectivity index (χ1n) is 9.37. The third-order valence-corrected chi connectivity index (χ3v) is 4.81. The van der Waals surface area contributed by atoms with Gasteiger partial charge in [0.1, 0.15) is 11.6 Å². The van der Waals surface area contributed by atoms with Crippen LogP contribution in [0.15, 0.2) is 65.8 Å². The van der Waals surface area contributed by atoms with E-state index >= 15 is 0 Å². The zero-order valence-electron chi connectivity index (χ0n) is 17.3. The average Bonchev–Trinajstić information content (AvgIpc) is 2.80. The summed E-state index contributed by atoms with van der Waals surface area (Å²) in [6.07, 6.45) is 1.43. The molecule has 1 heterocycles. The highest BCUT2D eigenvalue weighted by Crippen LogP contribution is 2.24. The molecule has 0 atom stereocenters. The van der Waals surface area contributed by atoms with Gasteiger partial charge in [0, 0.05) is 24.5 Å². The van der Waals surface area contributed by atoms with E-state index in [2.05, 4.69) is 20.6 Å². The molecule has 3 rings (SSSR count). The van der Waals surface area contributed by atoms with Crippen molar-refractivity contribution in [2.45, 2.75) is 6.92 Å². The molecule has 2 N–H and O–H groups in total. The number of pyridine rings is 1. The molecule has 8 heteroatoms. The van der Waals surface area contributed by atoms with E-state index in [1.807, 2.05) is 19.1 Å². The van der Waals surface area contributed by atoms with Crippen molar-refractivity contribution in [1.82, 2.24) is 4.98 Å². The summed E-state index contributed by atoms with van der Waals surface area (Å²) in [5, 5.41) is 5.93. The van der Waals surface area contributed by atoms with Gasteiger partial charge in [-0.15, -0.1) is 0 Å². The van der Waals surface area contributed by atoms with Gasteiger partial charge < -0.3 is 15.4 Å². The molecule has 31 heavy (non-hydrogen) atoms. The maximum Gasteiger partial charge on any atom is 0.259 e. The lowest BCUT2D eigenvalue weighted by Crippen LogP contribution is -2.19. The number of benzene rings is 2. The highest BCUT2D eigenvalue weighted by molar-refractivity contribution is 6.30. The Morgan fingerprint density at radius 1 is 0.968 bits per heavy atom. The smallest absolute Gasteiger partial charge is 0.259 e. The third-order valence-electron chi connectivity index (χ3n) is 4.59. The van der Waals surface area contributed by atoms with Crippen LogP contribution < -0.4 is 15.4 Å². The van der Waals surface area contributed by atoms with Crippen molar-refractivity contribution in [1.29, 1.82) is 0 Å². The number of aromatic nitrogens is 1. The Balaban J connectivity index is 1.84. The van der Waals surface area contributed by atoms with Crippen LogP contribution in [0.2, 0.25) is 5.02 Å². The molecule has 0 radical (unpaired) electrons. The second-order valence-electron chi connectivity index (χ2n) is 6.57. The average molecular weight is 437 g/mol. The topological polar surface area (TPSA) is 92.7 Å². The van der Waals surface area contributed by atoms with Crippen molar-refractivity contribution in [2.75, 3.05) is 24.8 Å². The quantitative estimate of drug-likeness (QED) is 0.548. The third kappa shape index (κ3) is 5.46. The zero-order chi connectivity index (χ0) is 22.4. The van der Waals surface area contributed by atoms with E-state index in [0.29, 0.717) is 27.8 Å². The number of halogens is 1. The molecule has 0 aliphatic heterocycles. The molecular weight excluding hydrogens is 416 g/mol. The molecule has 0 aliphatic rings. The molecular formula is C23H21ClN4O3. The number of hydrogen-bond donors (Lipinski definition) is 2. The number of hydrogen-bond acceptors (Lipinski definition) is 5. The number of aliphatic imine (C=N–C) groups is 1. The normalized spacial score (nSPS) is 11.0. The highest BCUT2D eigenvalue weighted by Gasteiger charge is 2.17. The van der Waals surface area contributed by atoms with Crippen LogP contribution in [-0.2, 0) is 0 Å². The van der Waals surface area contributed by atoms with E-state index < -0.39 is 5.91 Å². The Kier molecular flexibility index (Phi) is 6.99. The molecule has 0 unspecified atom stereocenters. The fourth-order valence-electron chi connectivity index (χ4n) is 2.77. The number of amides is 2. The van der Waals surface area contributed by atoms with Gasteiger partial charge in [0.2, 0.25) is 0 Å². The number of carbonyl (C=O) groups is 2. The molecule has 0 saturated carbocycles. The zero-order valence-corrected chi connectivity index (χ0v) is 18.0. The van der Waals surface area contributed by atoms with E-state index in [0.717, 1.165) is 11.3 Å². The van der Waals surface area contributed by atoms with E-state index in [4.69, 9.17) is 16.3 Å². The number of ether oxygens (including phenoxy) is 1. The minimum atomic E-state index is -0.450. The number of anilines is 2. The second-order valence-corrected chi connectivity index (χ2v) is 7.00. The predicted molar refractivity (Wildman–Crippen MR) is 123 cm³/mol. The van der Waals surface area contributed by atoms with E-state index in [9.17, 15) is 9.59 Å². The summed E-state index contributed by atoms with van der Waals surface area (Å²) in [5.41, 5.74) is 2.83. The van der Waals surface area contributed by atoms with Crippen LogP contribution in [0.5, 0.6) is 5.75 Å². The number of carbonyl (C=O) groups excluding carboxylic acids is 2. The second kappa shape index (κ2) is 9.86. The van der Waals surface area contributed by atoms with Crippen molar-refractivity contribution >= 4 is 40.6 Å². The first-order chi connectivity index (χ1) is 14.9. The van der Waals surface area contributed by atoms with Crippen molar-refractivity contribution in [3.8, 4) is 5.75 Å². The van der Waals surface area contributed by atoms with Gasteiger partial charge in [0.15, 0.2) is 0 Å². The Hall–Kier alpha value is -3.71. The summed E-state index contributed by atoms with van der Waals surface area (Å²) in [6.45, 7) is 1.90. The van der Waals surface area contributed by atoms with Crippen LogP contribution in [0, 0.1) is 0 Å². The summed E-state index contributed by atoms with van der Waals surface area (Å²) in [5.74, 6) is 0.0135. The number of nitrogens with one attached hydrogen (secondary N) is 2. The Bertz CT molecular complexity index is 1130. The molecule has 2 aromatic carbocycles. The monoisotopic (exact) mass is 436 g/mol. The summed E-state index contributed by atoms with van der Waals surface area (Å²) in [7, 11) is 3.21. The molecule has 7 nitrogen and oxygen atoms in total. The lowest BCUT2D eigenvalue weighted by molar-refractivity contribution is 0.102. The lowest BCUT2D eigenvalue weighted by Gasteiger charge is -2.13. The molecule has 3 aromatic rings. The molecule has 0 saturated heterocycles. The fourth-order valence-corrected chi connectivity index (χ4v) is 2.88. The molecule has 0 aliphatic carbocycles. The van der Waals surface area contributed by atoms with Crippen LogP contribution in [0.25, 0.3) is 0 Å². The molecule has 2 amide bonds. The molecule has 0 fully saturated rings. The first-order valence-corrected chi connectivity index (χ1v) is 9.75. The summed E-state index contributed by atoms with van der Waals surface area (Å²) < 4.78 is 5.22. The summed E-state index contributed by atoms with van der Waals surface area (Å²) >= 11 is 5.84. The van der Waals surface area contributed by atoms with Crippen LogP contribution in [0.4, 0.5) is 11.5 Å². The van der Waals surface area contributed by atoms with Crippen molar-refractivity contribution in [2.24, 2.45) is 4.99 Å². The van der Waals surface area contributed by atoms with Crippen LogP contribution >= 0.6 is 11.6 Å². The minimum absolute atomic E-state index is 0.232. The van der Waals surface area contributed by atoms with E-state index in [-0.39, 0.29) is 11.5 Å². The molecule has 1 aromatic heterocycles. The van der Waals surface area contributed by atoms with Crippen LogP contribution in [-0.4, -0.2) is 36.7 Å².